The van der Waals surface area contributed by atoms with Crippen LogP contribution in [0.25, 0.3) is 0 Å². The van der Waals surface area contributed by atoms with Gasteiger partial charge in [-0.3, -0.25) is 28.8 Å². The second-order valence-electron chi connectivity index (χ2n) is 11.8. The summed E-state index contributed by atoms with van der Waals surface area (Å²) < 4.78 is 0. The maximum atomic E-state index is 12.8. The molecular weight excluding hydrogens is 722 g/mol. The molecule has 0 radical (unpaired) electrons. The zero-order valence-corrected chi connectivity index (χ0v) is 29.9. The van der Waals surface area contributed by atoms with Crippen LogP contribution in [0.3, 0.4) is 0 Å². The van der Waals surface area contributed by atoms with Gasteiger partial charge in [0, 0.05) is 37.8 Å². The monoisotopic (exact) mass is 769 g/mol. The molecule has 0 unspecified atom stereocenters. The van der Waals surface area contributed by atoms with Crippen molar-refractivity contribution in [2.75, 3.05) is 18.8 Å². The van der Waals surface area contributed by atoms with Gasteiger partial charge in [-0.2, -0.15) is 12.6 Å². The predicted octanol–water partition coefficient (Wildman–Crippen LogP) is -0.831. The van der Waals surface area contributed by atoms with Crippen molar-refractivity contribution in [3.63, 3.8) is 0 Å². The Balaban J connectivity index is 2.49. The highest BCUT2D eigenvalue weighted by molar-refractivity contribution is 7.80. The summed E-state index contributed by atoms with van der Waals surface area (Å²) in [5.74, 6) is -7.65. The summed E-state index contributed by atoms with van der Waals surface area (Å²) in [6.07, 6.45) is -0.772. The van der Waals surface area contributed by atoms with E-state index in [9.17, 15) is 48.3 Å². The third-order valence-corrected chi connectivity index (χ3v) is 7.49. The highest BCUT2D eigenvalue weighted by atomic mass is 32.1. The topological polar surface area (TPSA) is 319 Å². The van der Waals surface area contributed by atoms with Crippen LogP contribution in [0.15, 0.2) is 24.3 Å². The smallest absolute Gasteiger partial charge is 0.326 e. The van der Waals surface area contributed by atoms with Gasteiger partial charge in [-0.05, 0) is 43.7 Å². The van der Waals surface area contributed by atoms with Crippen LogP contribution in [0.5, 0.6) is 0 Å². The van der Waals surface area contributed by atoms with E-state index < -0.39 is 91.0 Å². The van der Waals surface area contributed by atoms with Gasteiger partial charge in [0.25, 0.3) is 0 Å². The van der Waals surface area contributed by atoms with E-state index in [4.69, 9.17) is 15.3 Å². The molecule has 1 rings (SSSR count). The van der Waals surface area contributed by atoms with Gasteiger partial charge < -0.3 is 57.6 Å². The molecule has 1 aromatic carbocycles. The molecule has 0 aliphatic rings. The number of nitrogens with one attached hydrogen (secondary N) is 7. The van der Waals surface area contributed by atoms with Crippen molar-refractivity contribution in [3.05, 3.63) is 35.4 Å². The number of benzene rings is 1. The highest BCUT2D eigenvalue weighted by Gasteiger charge is 2.30. The SMILES string of the molecule is C[C@H](CCCCNC(=O)NCc1ccc(CC(=O)N[C@@H](CC(=O)O)C(=O)N[C@@H](CC(=O)O)C(=O)NCCS)cc1)NC(=O)N[C@@H](CCC(=O)O)C(=O)O. The standard InChI is InChI=1S/C32H47N7O13S/c1-18(36-32(52)39-21(30(49)50)9-10-25(41)42)4-2-3-11-34-31(51)35-17-20-7-5-19(6-8-20)14-24(40)37-23(16-27(45)46)29(48)38-22(15-26(43)44)28(47)33-12-13-53/h5-8,18,21-23,53H,2-4,9-17H2,1H3,(H,33,47)(H,37,40)(H,38,48)(H,41,42)(H,43,44)(H,45,46)(H,49,50)(H2,34,35,51)(H2,36,39,52)/t18-,21+,22+,23+/m1/s1. The van der Waals surface area contributed by atoms with Gasteiger partial charge in [0.1, 0.15) is 18.1 Å². The first-order chi connectivity index (χ1) is 25.0. The second-order valence-corrected chi connectivity index (χ2v) is 12.3. The van der Waals surface area contributed by atoms with Crippen LogP contribution >= 0.6 is 12.6 Å². The molecule has 20 nitrogen and oxygen atoms in total. The Bertz CT molecular complexity index is 1450. The predicted molar refractivity (Wildman–Crippen MR) is 189 cm³/mol. The Hall–Kier alpha value is -5.60. The van der Waals surface area contributed by atoms with Crippen molar-refractivity contribution < 1.29 is 63.6 Å². The Kier molecular flexibility index (Phi) is 21.0. The molecule has 0 aromatic heterocycles. The van der Waals surface area contributed by atoms with E-state index in [-0.39, 0.29) is 37.7 Å². The number of carbonyl (C=O) groups excluding carboxylic acids is 5. The molecule has 0 saturated heterocycles. The van der Waals surface area contributed by atoms with E-state index in [1.807, 2.05) is 0 Å². The lowest BCUT2D eigenvalue weighted by atomic mass is 10.1. The van der Waals surface area contributed by atoms with Gasteiger partial charge in [0.2, 0.25) is 17.7 Å². The van der Waals surface area contributed by atoms with E-state index in [1.165, 1.54) is 0 Å². The fourth-order valence-electron chi connectivity index (χ4n) is 4.59. The first-order valence-corrected chi connectivity index (χ1v) is 17.2. The van der Waals surface area contributed by atoms with Crippen molar-refractivity contribution in [2.45, 2.75) is 89.0 Å². The highest BCUT2D eigenvalue weighted by Crippen LogP contribution is 2.07. The number of carboxylic acid groups (broad SMARTS) is 4. The Morgan fingerprint density at radius 1 is 0.623 bits per heavy atom. The largest absolute Gasteiger partial charge is 0.481 e. The van der Waals surface area contributed by atoms with E-state index in [0.717, 1.165) is 0 Å². The average molecular weight is 770 g/mol. The van der Waals surface area contributed by atoms with Gasteiger partial charge in [0.15, 0.2) is 0 Å². The molecule has 0 fully saturated rings. The summed E-state index contributed by atoms with van der Waals surface area (Å²) in [5, 5.41) is 53.3. The summed E-state index contributed by atoms with van der Waals surface area (Å²) in [4.78, 5) is 106. The lowest BCUT2D eigenvalue weighted by molar-refractivity contribution is -0.143. The van der Waals surface area contributed by atoms with Gasteiger partial charge >= 0.3 is 35.9 Å². The second kappa shape index (κ2) is 24.6. The van der Waals surface area contributed by atoms with Gasteiger partial charge in [-0.25, -0.2) is 14.4 Å². The van der Waals surface area contributed by atoms with Gasteiger partial charge in [-0.15, -0.1) is 0 Å². The third-order valence-electron chi connectivity index (χ3n) is 7.27. The molecule has 11 N–H and O–H groups in total. The summed E-state index contributed by atoms with van der Waals surface area (Å²) in [5.41, 5.74) is 1.19. The normalized spacial score (nSPS) is 12.8. The summed E-state index contributed by atoms with van der Waals surface area (Å²) in [7, 11) is 0. The number of hydrogen-bond donors (Lipinski definition) is 12. The molecule has 7 amide bonds. The van der Waals surface area contributed by atoms with E-state index >= 15 is 0 Å². The first-order valence-electron chi connectivity index (χ1n) is 16.5. The number of carboxylic acids is 4. The molecule has 4 atom stereocenters. The van der Waals surface area contributed by atoms with Crippen LogP contribution < -0.4 is 37.2 Å². The summed E-state index contributed by atoms with van der Waals surface area (Å²) in [6.45, 7) is 2.30. The van der Waals surface area contributed by atoms with Crippen LogP contribution in [-0.2, 0) is 46.5 Å². The van der Waals surface area contributed by atoms with Crippen LogP contribution in [-0.4, -0.2) is 117 Å². The summed E-state index contributed by atoms with van der Waals surface area (Å²) >= 11 is 3.94. The molecule has 53 heavy (non-hydrogen) atoms. The third kappa shape index (κ3) is 20.7. The lowest BCUT2D eigenvalue weighted by Crippen LogP contribution is -2.55. The molecule has 0 spiro atoms. The van der Waals surface area contributed by atoms with Gasteiger partial charge in [0.05, 0.1) is 19.3 Å². The maximum Gasteiger partial charge on any atom is 0.326 e. The first kappa shape index (κ1) is 45.4. The number of urea groups is 2. The summed E-state index contributed by atoms with van der Waals surface area (Å²) in [6, 6.07) is 0.571. The Morgan fingerprint density at radius 2 is 1.23 bits per heavy atom. The van der Waals surface area contributed by atoms with Gasteiger partial charge in [-0.1, -0.05) is 24.3 Å². The minimum Gasteiger partial charge on any atom is -0.481 e. The van der Waals surface area contributed by atoms with E-state index in [1.54, 1.807) is 31.2 Å². The van der Waals surface area contributed by atoms with E-state index in [0.29, 0.717) is 36.9 Å². The fourth-order valence-corrected chi connectivity index (χ4v) is 4.70. The number of amides is 7. The molecule has 0 saturated carbocycles. The molecule has 0 heterocycles. The zero-order valence-electron chi connectivity index (χ0n) is 29.0. The Labute approximate surface area is 310 Å². The maximum absolute atomic E-state index is 12.8. The minimum atomic E-state index is -1.60. The molecule has 0 aliphatic carbocycles. The molecule has 0 aliphatic heterocycles. The molecular formula is C32H47N7O13S. The van der Waals surface area contributed by atoms with Crippen molar-refractivity contribution in [1.29, 1.82) is 0 Å². The van der Waals surface area contributed by atoms with Crippen molar-refractivity contribution in [1.82, 2.24) is 37.2 Å². The molecule has 1 aromatic rings. The molecule has 0 bridgehead atoms. The average Bonchev–Trinajstić information content (AvgIpc) is 3.07. The molecule has 21 heteroatoms. The van der Waals surface area contributed by atoms with Crippen LogP contribution in [0.4, 0.5) is 9.59 Å². The number of aliphatic carboxylic acids is 4. The zero-order chi connectivity index (χ0) is 39.9. The number of thiol groups is 1. The number of hydrogen-bond acceptors (Lipinski definition) is 10. The van der Waals surface area contributed by atoms with Crippen LogP contribution in [0.1, 0.15) is 63.0 Å². The van der Waals surface area contributed by atoms with Crippen molar-refractivity contribution >= 4 is 66.3 Å². The Morgan fingerprint density at radius 3 is 1.79 bits per heavy atom. The number of unbranched alkanes of at least 4 members (excludes halogenated alkanes) is 1. The number of rotatable bonds is 25. The quantitative estimate of drug-likeness (QED) is 0.0427. The van der Waals surface area contributed by atoms with Crippen molar-refractivity contribution in [2.24, 2.45) is 0 Å². The lowest BCUT2D eigenvalue weighted by Gasteiger charge is -2.21. The minimum absolute atomic E-state index is 0.0956. The van der Waals surface area contributed by atoms with Crippen LogP contribution in [0, 0.1) is 0 Å². The fraction of sp³-hybridized carbons (Fsp3) is 0.531. The number of carbonyl (C=O) groups is 9. The van der Waals surface area contributed by atoms with Crippen LogP contribution in [0.2, 0.25) is 0 Å². The van der Waals surface area contributed by atoms with E-state index in [2.05, 4.69) is 49.8 Å². The molecule has 294 valence electrons. The van der Waals surface area contributed by atoms with Crippen molar-refractivity contribution in [3.8, 4) is 0 Å².